The highest BCUT2D eigenvalue weighted by Gasteiger charge is 2.72. The van der Waals surface area contributed by atoms with Crippen LogP contribution in [-0.4, -0.2) is 60.3 Å². The molecule has 1 amide bonds. The molecule has 49 heavy (non-hydrogen) atoms. The van der Waals surface area contributed by atoms with Crippen molar-refractivity contribution in [2.75, 3.05) is 26.3 Å². The molecule has 0 spiro atoms. The Morgan fingerprint density at radius 3 is 2.29 bits per heavy atom. The summed E-state index contributed by atoms with van der Waals surface area (Å²) in [5.74, 6) is 1.58. The van der Waals surface area contributed by atoms with E-state index in [2.05, 4.69) is 53.0 Å². The summed E-state index contributed by atoms with van der Waals surface area (Å²) < 4.78 is 12.1. The summed E-state index contributed by atoms with van der Waals surface area (Å²) in [5.41, 5.74) is 0.675. The number of carboxylic acid groups (broad SMARTS) is 1. The third-order valence-corrected chi connectivity index (χ3v) is 16.5. The van der Waals surface area contributed by atoms with E-state index >= 15 is 0 Å². The summed E-state index contributed by atoms with van der Waals surface area (Å²) >= 11 is 0. The van der Waals surface area contributed by atoms with Gasteiger partial charge in [-0.1, -0.05) is 60.6 Å². The standard InChI is InChI=1S/C42H67NO6/c1-27(2)28-13-18-42(36(47)43-21-10-23-48-24-22-43)20-19-40(8)29(35(28)42)11-12-31-39(7)16-15-32(38(5,6)30(39)14-17-41(31,40)9)49-34(46)26-37(3,4)25-33(44)45/h28-32,35H,1,10-26H2,2-9H3,(H,44,45)/t28-,29+,30-,31+,32-,35+,39-,40+,41+,42-/m0/s1. The van der Waals surface area contributed by atoms with Crippen molar-refractivity contribution in [1.29, 1.82) is 0 Å². The van der Waals surface area contributed by atoms with Crippen LogP contribution in [0.4, 0.5) is 0 Å². The van der Waals surface area contributed by atoms with Crippen LogP contribution in [0.5, 0.6) is 0 Å². The van der Waals surface area contributed by atoms with Crippen molar-refractivity contribution in [3.63, 3.8) is 0 Å². The Morgan fingerprint density at radius 1 is 0.857 bits per heavy atom. The smallest absolute Gasteiger partial charge is 0.306 e. The molecule has 1 N–H and O–H groups in total. The van der Waals surface area contributed by atoms with E-state index in [1.165, 1.54) is 24.8 Å². The number of ether oxygens (including phenoxy) is 2. The summed E-state index contributed by atoms with van der Waals surface area (Å²) in [7, 11) is 0. The quantitative estimate of drug-likeness (QED) is 0.214. The number of fused-ring (bicyclic) bond motifs is 7. The summed E-state index contributed by atoms with van der Waals surface area (Å²) in [4.78, 5) is 41.5. The zero-order valence-electron chi connectivity index (χ0n) is 32.1. The minimum Gasteiger partial charge on any atom is -0.481 e. The van der Waals surface area contributed by atoms with Crippen LogP contribution < -0.4 is 0 Å². The molecular formula is C42H67NO6. The average Bonchev–Trinajstić information content (AvgIpc) is 3.19. The molecule has 5 aliphatic carbocycles. The number of amides is 1. The number of hydrogen-bond acceptors (Lipinski definition) is 5. The normalized spacial score (nSPS) is 43.2. The van der Waals surface area contributed by atoms with Gasteiger partial charge in [0, 0.05) is 25.1 Å². The van der Waals surface area contributed by atoms with Crippen molar-refractivity contribution in [3.05, 3.63) is 12.2 Å². The second-order valence-electron chi connectivity index (χ2n) is 19.9. The van der Waals surface area contributed by atoms with Gasteiger partial charge in [-0.15, -0.1) is 0 Å². The van der Waals surface area contributed by atoms with Gasteiger partial charge in [-0.2, -0.15) is 0 Å². The molecule has 0 radical (unpaired) electrons. The predicted molar refractivity (Wildman–Crippen MR) is 192 cm³/mol. The molecule has 1 saturated heterocycles. The Kier molecular flexibility index (Phi) is 9.53. The van der Waals surface area contributed by atoms with Crippen molar-refractivity contribution in [2.45, 2.75) is 145 Å². The van der Waals surface area contributed by atoms with Gasteiger partial charge in [0.25, 0.3) is 0 Å². The van der Waals surface area contributed by atoms with Crippen LogP contribution in [0, 0.1) is 62.1 Å². The fourth-order valence-electron chi connectivity index (χ4n) is 14.0. The summed E-state index contributed by atoms with van der Waals surface area (Å²) in [6, 6.07) is 0. The predicted octanol–water partition coefficient (Wildman–Crippen LogP) is 8.70. The van der Waals surface area contributed by atoms with Crippen LogP contribution in [-0.2, 0) is 23.9 Å². The van der Waals surface area contributed by atoms with Gasteiger partial charge in [0.15, 0.2) is 0 Å². The molecule has 6 aliphatic rings. The largest absolute Gasteiger partial charge is 0.481 e. The first-order chi connectivity index (χ1) is 22.8. The van der Waals surface area contributed by atoms with Gasteiger partial charge in [-0.05, 0) is 129 Å². The Bertz CT molecular complexity index is 1330. The van der Waals surface area contributed by atoms with Crippen LogP contribution in [0.1, 0.15) is 139 Å². The number of hydrogen-bond donors (Lipinski definition) is 1. The van der Waals surface area contributed by atoms with Gasteiger partial charge in [-0.25, -0.2) is 0 Å². The monoisotopic (exact) mass is 681 g/mol. The van der Waals surface area contributed by atoms with E-state index in [9.17, 15) is 19.5 Å². The zero-order chi connectivity index (χ0) is 35.8. The topological polar surface area (TPSA) is 93.1 Å². The summed E-state index contributed by atoms with van der Waals surface area (Å²) in [6.07, 6.45) is 11.6. The van der Waals surface area contributed by atoms with Crippen molar-refractivity contribution < 1.29 is 29.0 Å². The number of aliphatic carboxylic acids is 1. The molecule has 5 saturated carbocycles. The maximum Gasteiger partial charge on any atom is 0.306 e. The van der Waals surface area contributed by atoms with E-state index in [0.717, 1.165) is 71.1 Å². The molecule has 6 fully saturated rings. The van der Waals surface area contributed by atoms with Crippen molar-refractivity contribution >= 4 is 17.8 Å². The molecule has 1 heterocycles. The minimum atomic E-state index is -0.883. The van der Waals surface area contributed by atoms with Gasteiger partial charge >= 0.3 is 11.9 Å². The van der Waals surface area contributed by atoms with Gasteiger partial charge < -0.3 is 19.5 Å². The maximum atomic E-state index is 14.7. The molecule has 0 aromatic heterocycles. The fourth-order valence-corrected chi connectivity index (χ4v) is 14.0. The lowest BCUT2D eigenvalue weighted by atomic mass is 9.32. The molecule has 0 aromatic rings. The highest BCUT2D eigenvalue weighted by atomic mass is 16.5. The third kappa shape index (κ3) is 5.82. The van der Waals surface area contributed by atoms with Gasteiger partial charge in [0.2, 0.25) is 5.91 Å². The SMILES string of the molecule is C=C(C)[C@@H]1CC[C@]2(C(=O)N3CCCOCC3)CC[C@]3(C)[C@H](CC[C@@H]4[C@@]5(C)CC[C@H](OC(=O)CC(C)(C)CC(=O)O)C(C)(C)[C@@H]5CC[C@]43C)[C@@H]12. The second kappa shape index (κ2) is 12.7. The molecule has 0 unspecified atom stereocenters. The Morgan fingerprint density at radius 2 is 1.59 bits per heavy atom. The second-order valence-corrected chi connectivity index (χ2v) is 19.9. The van der Waals surface area contributed by atoms with Gasteiger partial charge in [-0.3, -0.25) is 14.4 Å². The first-order valence-corrected chi connectivity index (χ1v) is 19.8. The third-order valence-electron chi connectivity index (χ3n) is 16.5. The first kappa shape index (κ1) is 36.9. The van der Waals surface area contributed by atoms with Crippen LogP contribution in [0.15, 0.2) is 12.2 Å². The van der Waals surface area contributed by atoms with E-state index in [1.54, 1.807) is 0 Å². The maximum absolute atomic E-state index is 14.7. The van der Waals surface area contributed by atoms with E-state index < -0.39 is 11.4 Å². The van der Waals surface area contributed by atoms with E-state index in [4.69, 9.17) is 9.47 Å². The lowest BCUT2D eigenvalue weighted by molar-refractivity contribution is -0.250. The summed E-state index contributed by atoms with van der Waals surface area (Å²) in [5, 5.41) is 9.34. The highest BCUT2D eigenvalue weighted by molar-refractivity contribution is 5.84. The van der Waals surface area contributed by atoms with Gasteiger partial charge in [0.05, 0.1) is 24.9 Å². The van der Waals surface area contributed by atoms with Crippen molar-refractivity contribution in [2.24, 2.45) is 62.1 Å². The molecule has 0 bridgehead atoms. The number of rotatable bonds is 7. The number of esters is 1. The molecule has 276 valence electrons. The van der Waals surface area contributed by atoms with E-state index in [0.29, 0.717) is 42.1 Å². The molecule has 7 nitrogen and oxygen atoms in total. The number of nitrogens with zero attached hydrogens (tertiary/aromatic N) is 1. The number of carbonyl (C=O) groups is 3. The Labute approximate surface area is 296 Å². The average molecular weight is 682 g/mol. The fraction of sp³-hybridized carbons (Fsp3) is 0.881. The number of allylic oxidation sites excluding steroid dienone is 1. The molecule has 7 heteroatoms. The number of carbonyl (C=O) groups excluding carboxylic acids is 2. The van der Waals surface area contributed by atoms with Gasteiger partial charge in [0.1, 0.15) is 6.10 Å². The van der Waals surface area contributed by atoms with Crippen molar-refractivity contribution in [1.82, 2.24) is 4.90 Å². The lowest BCUT2D eigenvalue weighted by Gasteiger charge is -2.73. The molecule has 0 aromatic carbocycles. The van der Waals surface area contributed by atoms with Crippen molar-refractivity contribution in [3.8, 4) is 0 Å². The van der Waals surface area contributed by atoms with Crippen LogP contribution in [0.2, 0.25) is 0 Å². The molecule has 10 atom stereocenters. The first-order valence-electron chi connectivity index (χ1n) is 19.8. The van der Waals surface area contributed by atoms with E-state index in [1.807, 2.05) is 13.8 Å². The van der Waals surface area contributed by atoms with Crippen LogP contribution >= 0.6 is 0 Å². The zero-order valence-corrected chi connectivity index (χ0v) is 32.1. The molecule has 1 aliphatic heterocycles. The summed E-state index contributed by atoms with van der Waals surface area (Å²) in [6.45, 7) is 25.9. The van der Waals surface area contributed by atoms with Crippen LogP contribution in [0.25, 0.3) is 0 Å². The Hall–Kier alpha value is -1.89. The molecule has 6 rings (SSSR count). The number of carboxylic acids is 1. The minimum absolute atomic E-state index is 0.0483. The van der Waals surface area contributed by atoms with E-state index in [-0.39, 0.29) is 52.0 Å². The molecular weight excluding hydrogens is 614 g/mol. The highest BCUT2D eigenvalue weighted by Crippen LogP contribution is 2.77. The van der Waals surface area contributed by atoms with Crippen LogP contribution in [0.3, 0.4) is 0 Å². The Balaban J connectivity index is 1.26. The lowest BCUT2D eigenvalue weighted by Crippen LogP contribution is -2.67.